The monoisotopic (exact) mass is 360 g/mol. The van der Waals surface area contributed by atoms with Crippen LogP contribution in [0, 0.1) is 6.92 Å². The smallest absolute Gasteiger partial charge is 0.317 e. The van der Waals surface area contributed by atoms with Gasteiger partial charge in [-0.1, -0.05) is 11.2 Å². The molecule has 1 saturated heterocycles. The zero-order valence-electron chi connectivity index (χ0n) is 15.3. The lowest BCUT2D eigenvalue weighted by molar-refractivity contribution is 0.193. The Kier molecular flexibility index (Phi) is 5.50. The molecule has 0 radical (unpaired) electrons. The second-order valence-electron chi connectivity index (χ2n) is 6.12. The fourth-order valence-corrected chi connectivity index (χ4v) is 2.92. The third-order valence-corrected chi connectivity index (χ3v) is 4.40. The number of hydrogen-bond acceptors (Lipinski definition) is 6. The van der Waals surface area contributed by atoms with E-state index in [1.165, 1.54) is 0 Å². The molecule has 2 amide bonds. The number of rotatable bonds is 5. The van der Waals surface area contributed by atoms with Crippen molar-refractivity contribution in [3.63, 3.8) is 0 Å². The highest BCUT2D eigenvalue weighted by atomic mass is 16.5. The largest absolute Gasteiger partial charge is 0.493 e. The van der Waals surface area contributed by atoms with E-state index in [-0.39, 0.29) is 6.03 Å². The lowest BCUT2D eigenvalue weighted by atomic mass is 10.2. The molecule has 1 aliphatic rings. The summed E-state index contributed by atoms with van der Waals surface area (Å²) < 4.78 is 15.6. The average molecular weight is 360 g/mol. The number of urea groups is 1. The number of piperazine rings is 1. The van der Waals surface area contributed by atoms with Gasteiger partial charge in [-0.2, -0.15) is 0 Å². The third kappa shape index (κ3) is 4.01. The van der Waals surface area contributed by atoms with Gasteiger partial charge in [0.05, 0.1) is 14.2 Å². The van der Waals surface area contributed by atoms with Crippen molar-refractivity contribution in [2.75, 3.05) is 45.3 Å². The van der Waals surface area contributed by atoms with Crippen molar-refractivity contribution >= 4 is 11.8 Å². The van der Waals surface area contributed by atoms with Gasteiger partial charge in [-0.3, -0.25) is 0 Å². The second kappa shape index (κ2) is 7.99. The van der Waals surface area contributed by atoms with Crippen molar-refractivity contribution in [1.29, 1.82) is 0 Å². The number of hydrogen-bond donors (Lipinski definition) is 1. The van der Waals surface area contributed by atoms with Gasteiger partial charge in [0.2, 0.25) is 0 Å². The minimum absolute atomic E-state index is 0.0734. The molecule has 1 aromatic carbocycles. The van der Waals surface area contributed by atoms with Crippen molar-refractivity contribution in [1.82, 2.24) is 15.4 Å². The van der Waals surface area contributed by atoms with E-state index in [1.807, 2.05) is 36.1 Å². The van der Waals surface area contributed by atoms with Crippen molar-refractivity contribution in [2.45, 2.75) is 13.5 Å². The number of amides is 2. The molecular formula is C18H24N4O4. The lowest BCUT2D eigenvalue weighted by Gasteiger charge is -2.34. The summed E-state index contributed by atoms with van der Waals surface area (Å²) in [6.07, 6.45) is 0. The van der Waals surface area contributed by atoms with Gasteiger partial charge in [0.1, 0.15) is 5.76 Å². The van der Waals surface area contributed by atoms with Gasteiger partial charge in [-0.15, -0.1) is 0 Å². The molecule has 1 aromatic heterocycles. The number of anilines is 1. The number of nitrogens with zero attached hydrogens (tertiary/aromatic N) is 3. The molecule has 26 heavy (non-hydrogen) atoms. The number of ether oxygens (including phenoxy) is 2. The van der Waals surface area contributed by atoms with E-state index in [9.17, 15) is 4.79 Å². The molecule has 1 aliphatic heterocycles. The predicted molar refractivity (Wildman–Crippen MR) is 96.8 cm³/mol. The van der Waals surface area contributed by atoms with Gasteiger partial charge in [0.15, 0.2) is 17.3 Å². The maximum Gasteiger partial charge on any atom is 0.317 e. The SMILES string of the molecule is COc1ccc(CNC(=O)N2CCN(c3cc(C)on3)CC2)cc1OC. The van der Waals surface area contributed by atoms with E-state index in [0.717, 1.165) is 30.2 Å². The molecule has 0 aliphatic carbocycles. The number of aryl methyl sites for hydroxylation is 1. The van der Waals surface area contributed by atoms with E-state index in [2.05, 4.69) is 15.4 Å². The first-order valence-electron chi connectivity index (χ1n) is 8.52. The van der Waals surface area contributed by atoms with Crippen LogP contribution in [-0.2, 0) is 6.54 Å². The van der Waals surface area contributed by atoms with Crippen LogP contribution in [0.1, 0.15) is 11.3 Å². The van der Waals surface area contributed by atoms with Crippen LogP contribution in [0.3, 0.4) is 0 Å². The topological polar surface area (TPSA) is 80.1 Å². The highest BCUT2D eigenvalue weighted by Gasteiger charge is 2.22. The van der Waals surface area contributed by atoms with Gasteiger partial charge in [0.25, 0.3) is 0 Å². The summed E-state index contributed by atoms with van der Waals surface area (Å²) in [4.78, 5) is 16.3. The molecule has 8 heteroatoms. The van der Waals surface area contributed by atoms with Crippen LogP contribution in [0.25, 0.3) is 0 Å². The van der Waals surface area contributed by atoms with Crippen molar-refractivity contribution in [2.24, 2.45) is 0 Å². The van der Waals surface area contributed by atoms with Crippen LogP contribution in [0.15, 0.2) is 28.8 Å². The molecule has 8 nitrogen and oxygen atoms in total. The fourth-order valence-electron chi connectivity index (χ4n) is 2.92. The minimum Gasteiger partial charge on any atom is -0.493 e. The fraction of sp³-hybridized carbons (Fsp3) is 0.444. The molecule has 0 unspecified atom stereocenters. The number of aromatic nitrogens is 1. The predicted octanol–water partition coefficient (Wildman–Crippen LogP) is 2.03. The van der Waals surface area contributed by atoms with Gasteiger partial charge >= 0.3 is 6.03 Å². The Morgan fingerprint density at radius 3 is 2.50 bits per heavy atom. The summed E-state index contributed by atoms with van der Waals surface area (Å²) in [6.45, 7) is 5.05. The van der Waals surface area contributed by atoms with Crippen LogP contribution in [0.2, 0.25) is 0 Å². The Hall–Kier alpha value is -2.90. The normalized spacial score (nSPS) is 14.3. The first kappa shape index (κ1) is 17.9. The van der Waals surface area contributed by atoms with E-state index < -0.39 is 0 Å². The Bertz CT molecular complexity index is 753. The number of carbonyl (C=O) groups excluding carboxylic acids is 1. The molecule has 0 bridgehead atoms. The summed E-state index contributed by atoms with van der Waals surface area (Å²) in [7, 11) is 3.19. The van der Waals surface area contributed by atoms with Gasteiger partial charge in [0, 0.05) is 38.8 Å². The number of methoxy groups -OCH3 is 2. The highest BCUT2D eigenvalue weighted by molar-refractivity contribution is 5.74. The number of carbonyl (C=O) groups is 1. The molecular weight excluding hydrogens is 336 g/mol. The first-order chi connectivity index (χ1) is 12.6. The molecule has 0 spiro atoms. The van der Waals surface area contributed by atoms with Crippen LogP contribution in [0.4, 0.5) is 10.6 Å². The Labute approximate surface area is 152 Å². The van der Waals surface area contributed by atoms with Gasteiger partial charge < -0.3 is 29.1 Å². The third-order valence-electron chi connectivity index (χ3n) is 4.40. The van der Waals surface area contributed by atoms with E-state index >= 15 is 0 Å². The molecule has 1 N–H and O–H groups in total. The van der Waals surface area contributed by atoms with Crippen molar-refractivity contribution in [3.05, 3.63) is 35.6 Å². The van der Waals surface area contributed by atoms with Gasteiger partial charge in [-0.05, 0) is 24.6 Å². The molecule has 3 rings (SSSR count). The molecule has 1 fully saturated rings. The standard InChI is InChI=1S/C18H24N4O4/c1-13-10-17(20-26-13)21-6-8-22(9-7-21)18(23)19-12-14-4-5-15(24-2)16(11-14)25-3/h4-5,10-11H,6-9,12H2,1-3H3,(H,19,23). The molecule has 140 valence electrons. The highest BCUT2D eigenvalue weighted by Crippen LogP contribution is 2.27. The number of benzene rings is 1. The molecule has 0 saturated carbocycles. The van der Waals surface area contributed by atoms with Crippen molar-refractivity contribution < 1.29 is 18.8 Å². The zero-order valence-corrected chi connectivity index (χ0v) is 15.3. The Morgan fingerprint density at radius 2 is 1.88 bits per heavy atom. The maximum absolute atomic E-state index is 12.4. The summed E-state index contributed by atoms with van der Waals surface area (Å²) in [5.41, 5.74) is 0.952. The van der Waals surface area contributed by atoms with Crippen LogP contribution in [0.5, 0.6) is 11.5 Å². The second-order valence-corrected chi connectivity index (χ2v) is 6.12. The first-order valence-corrected chi connectivity index (χ1v) is 8.52. The summed E-state index contributed by atoms with van der Waals surface area (Å²) in [6, 6.07) is 7.44. The number of nitrogens with one attached hydrogen (secondary N) is 1. The lowest BCUT2D eigenvalue weighted by Crippen LogP contribution is -2.51. The zero-order chi connectivity index (χ0) is 18.5. The molecule has 2 heterocycles. The molecule has 2 aromatic rings. The van der Waals surface area contributed by atoms with E-state index in [1.54, 1.807) is 14.2 Å². The Morgan fingerprint density at radius 1 is 1.15 bits per heavy atom. The van der Waals surface area contributed by atoms with Crippen LogP contribution >= 0.6 is 0 Å². The summed E-state index contributed by atoms with van der Waals surface area (Å²) in [5.74, 6) is 2.93. The maximum atomic E-state index is 12.4. The van der Waals surface area contributed by atoms with E-state index in [0.29, 0.717) is 31.1 Å². The van der Waals surface area contributed by atoms with Crippen LogP contribution < -0.4 is 19.7 Å². The van der Waals surface area contributed by atoms with E-state index in [4.69, 9.17) is 14.0 Å². The van der Waals surface area contributed by atoms with Crippen LogP contribution in [-0.4, -0.2) is 56.5 Å². The summed E-state index contributed by atoms with van der Waals surface area (Å²) in [5, 5.41) is 6.98. The molecule has 0 atom stereocenters. The minimum atomic E-state index is -0.0734. The van der Waals surface area contributed by atoms with Gasteiger partial charge in [-0.25, -0.2) is 4.79 Å². The van der Waals surface area contributed by atoms with Crippen molar-refractivity contribution in [3.8, 4) is 11.5 Å². The summed E-state index contributed by atoms with van der Waals surface area (Å²) >= 11 is 0. The Balaban J connectivity index is 1.50. The quantitative estimate of drug-likeness (QED) is 0.879. The average Bonchev–Trinajstić information content (AvgIpc) is 3.12.